The number of H-pyrrole nitrogens is 1. The van der Waals surface area contributed by atoms with Crippen molar-refractivity contribution in [1.82, 2.24) is 44.7 Å². The number of alkyl halides is 3. The Bertz CT molecular complexity index is 2640. The van der Waals surface area contributed by atoms with Crippen LogP contribution in [-0.2, 0) is 25.7 Å². The third-order valence-electron chi connectivity index (χ3n) is 9.85. The van der Waals surface area contributed by atoms with E-state index >= 15 is 4.39 Å². The number of aromatic nitrogens is 9. The van der Waals surface area contributed by atoms with Gasteiger partial charge in [-0.25, -0.2) is 34.4 Å². The van der Waals surface area contributed by atoms with Gasteiger partial charge in [-0.1, -0.05) is 54.6 Å². The third kappa shape index (κ3) is 7.79. The zero-order valence-electron chi connectivity index (χ0n) is 31.1. The number of imidazole rings is 1. The molecule has 0 bridgehead atoms. The summed E-state index contributed by atoms with van der Waals surface area (Å²) in [4.78, 5) is 40.8. The number of nitrogens with zero attached hydrogens (tertiary/aromatic N) is 9. The quantitative estimate of drug-likeness (QED) is 0.122. The van der Waals surface area contributed by atoms with Crippen molar-refractivity contribution in [1.29, 1.82) is 0 Å². The fraction of sp³-hybridized carbons (Fsp3) is 0.268. The van der Waals surface area contributed by atoms with Gasteiger partial charge in [0, 0.05) is 54.2 Å². The number of hydrogen-bond donors (Lipinski definition) is 1. The van der Waals surface area contributed by atoms with Gasteiger partial charge in [0.05, 0.1) is 23.9 Å². The van der Waals surface area contributed by atoms with E-state index in [1.807, 2.05) is 12.1 Å². The Labute approximate surface area is 323 Å². The van der Waals surface area contributed by atoms with Crippen molar-refractivity contribution in [3.05, 3.63) is 136 Å². The van der Waals surface area contributed by atoms with Crippen LogP contribution in [0.3, 0.4) is 0 Å². The van der Waals surface area contributed by atoms with E-state index in [0.29, 0.717) is 51.3 Å². The molecule has 0 radical (unpaired) electrons. The van der Waals surface area contributed by atoms with Crippen molar-refractivity contribution in [2.45, 2.75) is 64.3 Å². The molecule has 1 saturated carbocycles. The summed E-state index contributed by atoms with van der Waals surface area (Å²) in [6.07, 6.45) is 1.50. The second-order valence-electron chi connectivity index (χ2n) is 14.2. The number of nitrogens with one attached hydrogen (secondary N) is 1. The summed E-state index contributed by atoms with van der Waals surface area (Å²) < 4.78 is 63.8. The molecule has 290 valence electrons. The molecular weight excluding hydrogens is 741 g/mol. The molecule has 57 heavy (non-hydrogen) atoms. The van der Waals surface area contributed by atoms with Gasteiger partial charge in [0.1, 0.15) is 29.9 Å². The summed E-state index contributed by atoms with van der Waals surface area (Å²) in [6.45, 7) is 3.79. The monoisotopic (exact) mass is 776 g/mol. The van der Waals surface area contributed by atoms with Crippen molar-refractivity contribution in [2.24, 2.45) is 0 Å². The van der Waals surface area contributed by atoms with Gasteiger partial charge in [-0.15, -0.1) is 0 Å². The molecule has 4 heterocycles. The summed E-state index contributed by atoms with van der Waals surface area (Å²) in [5.74, 6) is 0.809. The van der Waals surface area contributed by atoms with Crippen LogP contribution in [0, 0.1) is 5.82 Å². The minimum absolute atomic E-state index is 0.0231. The number of methoxy groups -OCH3 is 1. The Morgan fingerprint density at radius 1 is 0.912 bits per heavy atom. The Morgan fingerprint density at radius 2 is 1.65 bits per heavy atom. The summed E-state index contributed by atoms with van der Waals surface area (Å²) in [6, 6.07) is 18.7. The lowest BCUT2D eigenvalue weighted by molar-refractivity contribution is -0.140. The van der Waals surface area contributed by atoms with Crippen molar-refractivity contribution in [2.75, 3.05) is 12.0 Å². The van der Waals surface area contributed by atoms with Crippen molar-refractivity contribution in [3.63, 3.8) is 0 Å². The number of fused-ring (bicyclic) bond motifs is 1. The van der Waals surface area contributed by atoms with E-state index in [-0.39, 0.29) is 42.4 Å². The number of benzene rings is 3. The second-order valence-corrected chi connectivity index (χ2v) is 14.2. The topological polar surface area (TPSA) is 140 Å². The van der Waals surface area contributed by atoms with Crippen molar-refractivity contribution in [3.8, 4) is 28.7 Å². The van der Waals surface area contributed by atoms with Gasteiger partial charge in [-0.3, -0.25) is 4.79 Å². The summed E-state index contributed by atoms with van der Waals surface area (Å²) in [7, 11) is 1.51. The van der Waals surface area contributed by atoms with Gasteiger partial charge in [0.2, 0.25) is 11.8 Å². The van der Waals surface area contributed by atoms with Gasteiger partial charge in [0.15, 0.2) is 11.5 Å². The minimum atomic E-state index is -4.59. The number of aromatic amines is 1. The molecule has 8 rings (SSSR count). The predicted octanol–water partition coefficient (Wildman–Crippen LogP) is 7.85. The second kappa shape index (κ2) is 15.2. The summed E-state index contributed by atoms with van der Waals surface area (Å²) >= 11 is 0. The molecule has 3 aromatic carbocycles. The van der Waals surface area contributed by atoms with Crippen LogP contribution in [0.15, 0.2) is 90.4 Å². The molecule has 0 spiro atoms. The van der Waals surface area contributed by atoms with Gasteiger partial charge in [0.25, 0.3) is 5.56 Å². The average molecular weight is 777 g/mol. The van der Waals surface area contributed by atoms with E-state index < -0.39 is 17.7 Å². The van der Waals surface area contributed by atoms with Crippen LogP contribution in [0.4, 0.5) is 23.5 Å². The molecule has 12 nitrogen and oxygen atoms in total. The van der Waals surface area contributed by atoms with Crippen LogP contribution in [-0.4, -0.2) is 51.8 Å². The van der Waals surface area contributed by atoms with Crippen LogP contribution >= 0.6 is 0 Å². The fourth-order valence-electron chi connectivity index (χ4n) is 6.85. The van der Waals surface area contributed by atoms with Gasteiger partial charge < -0.3 is 14.2 Å². The van der Waals surface area contributed by atoms with Gasteiger partial charge in [-0.2, -0.15) is 23.3 Å². The first kappa shape index (κ1) is 37.3. The lowest BCUT2D eigenvalue weighted by Crippen LogP contribution is -2.25. The van der Waals surface area contributed by atoms with Crippen molar-refractivity contribution >= 4 is 16.7 Å². The standard InChI is InChI=1S/C41H36F4N10O2/c1-23(2)55-20-33(41(43,44)45)50-37(55)27-11-8-24(9-12-27)18-54(40-49-22-47-36(51-40)34-35(26-13-14-26)46-21-48-39(34)57-3)19-28-16-25(10-15-31(28)42)17-32-29-6-4-5-7-30(29)38(56)53-52-32/h4-12,15-16,20-23,26H,13-14,17-19H2,1-3H3,(H,53,56). The Balaban J connectivity index is 1.16. The maximum atomic E-state index is 15.8. The van der Waals surface area contributed by atoms with Crippen LogP contribution < -0.4 is 15.2 Å². The van der Waals surface area contributed by atoms with E-state index in [4.69, 9.17) is 9.72 Å². The summed E-state index contributed by atoms with van der Waals surface area (Å²) in [5, 5.41) is 8.07. The highest BCUT2D eigenvalue weighted by molar-refractivity contribution is 5.83. The van der Waals surface area contributed by atoms with Crippen LogP contribution in [0.5, 0.6) is 5.88 Å². The molecule has 1 fully saturated rings. The molecule has 7 aromatic rings. The highest BCUT2D eigenvalue weighted by atomic mass is 19.4. The van der Waals surface area contributed by atoms with E-state index in [9.17, 15) is 18.0 Å². The third-order valence-corrected chi connectivity index (χ3v) is 9.85. The summed E-state index contributed by atoms with van der Waals surface area (Å²) in [5.41, 5.74) is 3.06. The Kier molecular flexibility index (Phi) is 9.93. The number of rotatable bonds is 12. The van der Waals surface area contributed by atoms with Crippen LogP contribution in [0.2, 0.25) is 0 Å². The number of anilines is 1. The highest BCUT2D eigenvalue weighted by Gasteiger charge is 2.35. The molecule has 1 aliphatic rings. The van der Waals surface area contributed by atoms with E-state index in [2.05, 4.69) is 35.1 Å². The predicted molar refractivity (Wildman–Crippen MR) is 204 cm³/mol. The first-order valence-electron chi connectivity index (χ1n) is 18.3. The molecule has 0 saturated heterocycles. The molecule has 1 N–H and O–H groups in total. The van der Waals surface area contributed by atoms with Gasteiger partial charge in [-0.05, 0) is 49.9 Å². The molecular formula is C41H36F4N10O2. The minimum Gasteiger partial charge on any atom is -0.480 e. The van der Waals surface area contributed by atoms with E-state index in [1.54, 1.807) is 67.3 Å². The van der Waals surface area contributed by atoms with E-state index in [1.165, 1.54) is 30.4 Å². The van der Waals surface area contributed by atoms with E-state index in [0.717, 1.165) is 35.9 Å². The zero-order valence-corrected chi connectivity index (χ0v) is 31.1. The van der Waals surface area contributed by atoms with Crippen molar-refractivity contribution < 1.29 is 22.3 Å². The van der Waals surface area contributed by atoms with Gasteiger partial charge >= 0.3 is 6.18 Å². The SMILES string of the molecule is COc1ncnc(C2CC2)c1-c1ncnc(N(Cc2ccc(-c3nc(C(F)(F)F)cn3C(C)C)cc2)Cc2cc(Cc3n[nH]c(=O)c4ccccc34)ccc2F)n1. The Morgan fingerprint density at radius 3 is 2.37 bits per heavy atom. The lowest BCUT2D eigenvalue weighted by atomic mass is 10.0. The maximum Gasteiger partial charge on any atom is 0.434 e. The van der Waals surface area contributed by atoms with Crippen LogP contribution in [0.1, 0.15) is 72.4 Å². The zero-order chi connectivity index (χ0) is 39.8. The average Bonchev–Trinajstić information content (AvgIpc) is 3.96. The smallest absolute Gasteiger partial charge is 0.434 e. The normalized spacial score (nSPS) is 13.1. The lowest BCUT2D eigenvalue weighted by Gasteiger charge is -2.24. The number of ether oxygens (including phenoxy) is 1. The highest BCUT2D eigenvalue weighted by Crippen LogP contribution is 2.45. The molecule has 0 unspecified atom stereocenters. The maximum absolute atomic E-state index is 15.8. The number of halogens is 4. The Hall–Kier alpha value is -6.58. The molecule has 0 aliphatic heterocycles. The first-order valence-corrected chi connectivity index (χ1v) is 18.3. The molecule has 0 atom stereocenters. The first-order chi connectivity index (χ1) is 27.5. The molecule has 4 aromatic heterocycles. The number of hydrogen-bond acceptors (Lipinski definition) is 10. The molecule has 16 heteroatoms. The largest absolute Gasteiger partial charge is 0.480 e. The molecule has 1 aliphatic carbocycles. The fourth-order valence-corrected chi connectivity index (χ4v) is 6.85. The molecule has 0 amide bonds. The van der Waals surface area contributed by atoms with Crippen LogP contribution in [0.25, 0.3) is 33.5 Å².